The topological polar surface area (TPSA) is 101 Å². The van der Waals surface area contributed by atoms with Gasteiger partial charge < -0.3 is 5.32 Å². The van der Waals surface area contributed by atoms with Gasteiger partial charge in [-0.05, 0) is 6.07 Å². The van der Waals surface area contributed by atoms with Crippen LogP contribution in [0.25, 0.3) is 0 Å². The minimum atomic E-state index is -0.531. The van der Waals surface area contributed by atoms with Crippen molar-refractivity contribution in [2.45, 2.75) is 0 Å². The number of carbonyl (C=O) groups is 1. The Labute approximate surface area is 89.6 Å². The number of H-pyrrole nitrogens is 1. The van der Waals surface area contributed by atoms with Crippen LogP contribution in [0.4, 0.5) is 5.82 Å². The zero-order valence-electron chi connectivity index (χ0n) is 8.04. The van der Waals surface area contributed by atoms with Gasteiger partial charge in [-0.15, -0.1) is 0 Å². The highest BCUT2D eigenvalue weighted by Crippen LogP contribution is 1.99. The predicted octanol–water partition coefficient (Wildman–Crippen LogP) is -0.188. The van der Waals surface area contributed by atoms with Gasteiger partial charge in [0.05, 0.1) is 6.20 Å². The second-order valence-electron chi connectivity index (χ2n) is 2.83. The quantitative estimate of drug-likeness (QED) is 0.726. The fourth-order valence-electron chi connectivity index (χ4n) is 1.04. The van der Waals surface area contributed by atoms with Crippen LogP contribution in [0.2, 0.25) is 0 Å². The predicted molar refractivity (Wildman–Crippen MR) is 54.8 cm³/mol. The summed E-state index contributed by atoms with van der Waals surface area (Å²) in [5, 5.41) is 2.46. The van der Waals surface area contributed by atoms with E-state index in [-0.39, 0.29) is 11.5 Å². The highest BCUT2D eigenvalue weighted by molar-refractivity contribution is 6.01. The first-order valence-corrected chi connectivity index (χ1v) is 4.38. The van der Waals surface area contributed by atoms with E-state index in [1.807, 2.05) is 0 Å². The van der Waals surface area contributed by atoms with E-state index < -0.39 is 11.6 Å². The standard InChI is InChI=1S/C9H7N5O2/c15-8(6-5-10-3-4-11-6)13-7-1-2-12-9(16)14-7/h1-5H,(H2,12,13,14,15,16). The van der Waals surface area contributed by atoms with Gasteiger partial charge in [0.2, 0.25) is 0 Å². The molecule has 16 heavy (non-hydrogen) atoms. The molecule has 0 aliphatic heterocycles. The second kappa shape index (κ2) is 4.30. The van der Waals surface area contributed by atoms with Gasteiger partial charge in [0, 0.05) is 18.6 Å². The molecule has 2 N–H and O–H groups in total. The monoisotopic (exact) mass is 217 g/mol. The summed E-state index contributed by atoms with van der Waals surface area (Å²) in [6.07, 6.45) is 5.50. The van der Waals surface area contributed by atoms with Crippen LogP contribution in [-0.4, -0.2) is 25.8 Å². The lowest BCUT2D eigenvalue weighted by Gasteiger charge is -2.02. The number of anilines is 1. The molecule has 0 unspecified atom stereocenters. The lowest BCUT2D eigenvalue weighted by molar-refractivity contribution is 0.102. The number of rotatable bonds is 2. The molecule has 0 radical (unpaired) electrons. The fraction of sp³-hybridized carbons (Fsp3) is 0. The SMILES string of the molecule is O=C(Nc1ccnc(=O)[nH]1)c1cnccn1. The van der Waals surface area contributed by atoms with E-state index in [1.165, 1.54) is 30.9 Å². The normalized spacial score (nSPS) is 9.75. The number of nitrogens with one attached hydrogen (secondary N) is 2. The molecule has 2 aromatic heterocycles. The summed E-state index contributed by atoms with van der Waals surface area (Å²) in [7, 11) is 0. The smallest absolute Gasteiger partial charge is 0.307 e. The van der Waals surface area contributed by atoms with Gasteiger partial charge in [0.25, 0.3) is 5.91 Å². The van der Waals surface area contributed by atoms with Gasteiger partial charge in [-0.2, -0.15) is 0 Å². The molecule has 0 saturated heterocycles. The van der Waals surface area contributed by atoms with Crippen molar-refractivity contribution in [3.8, 4) is 0 Å². The van der Waals surface area contributed by atoms with Crippen LogP contribution in [0.1, 0.15) is 10.5 Å². The molecule has 80 valence electrons. The average molecular weight is 217 g/mol. The van der Waals surface area contributed by atoms with Crippen LogP contribution in [-0.2, 0) is 0 Å². The maximum absolute atomic E-state index is 11.6. The van der Waals surface area contributed by atoms with Crippen LogP contribution in [0.5, 0.6) is 0 Å². The van der Waals surface area contributed by atoms with Crippen LogP contribution in [0, 0.1) is 0 Å². The van der Waals surface area contributed by atoms with Crippen LogP contribution in [0.15, 0.2) is 35.6 Å². The van der Waals surface area contributed by atoms with Crippen molar-refractivity contribution in [3.05, 3.63) is 47.0 Å². The van der Waals surface area contributed by atoms with Gasteiger partial charge in [-0.1, -0.05) is 0 Å². The summed E-state index contributed by atoms with van der Waals surface area (Å²) in [5.41, 5.74) is -0.364. The minimum absolute atomic E-state index is 0.167. The summed E-state index contributed by atoms with van der Waals surface area (Å²) in [4.78, 5) is 35.8. The van der Waals surface area contributed by atoms with E-state index in [1.54, 1.807) is 0 Å². The summed E-state index contributed by atoms with van der Waals surface area (Å²) < 4.78 is 0. The first-order valence-electron chi connectivity index (χ1n) is 4.38. The van der Waals surface area contributed by atoms with E-state index in [2.05, 4.69) is 25.3 Å². The zero-order chi connectivity index (χ0) is 11.4. The number of aromatic nitrogens is 4. The number of amides is 1. The van der Waals surface area contributed by atoms with Crippen molar-refractivity contribution in [1.82, 2.24) is 19.9 Å². The number of hydrogen-bond acceptors (Lipinski definition) is 5. The Morgan fingerprint density at radius 1 is 1.25 bits per heavy atom. The Balaban J connectivity index is 2.17. The lowest BCUT2D eigenvalue weighted by Crippen LogP contribution is -2.18. The summed E-state index contributed by atoms with van der Waals surface area (Å²) in [6, 6.07) is 1.47. The molecule has 0 aliphatic rings. The molecular formula is C9H7N5O2. The number of hydrogen-bond donors (Lipinski definition) is 2. The van der Waals surface area contributed by atoms with Gasteiger partial charge in [0.15, 0.2) is 0 Å². The van der Waals surface area contributed by atoms with Crippen molar-refractivity contribution >= 4 is 11.7 Å². The Hall–Kier alpha value is -2.57. The summed E-state index contributed by atoms with van der Waals surface area (Å²) in [6.45, 7) is 0. The third-order valence-corrected chi connectivity index (χ3v) is 1.72. The third-order valence-electron chi connectivity index (χ3n) is 1.72. The summed E-state index contributed by atoms with van der Waals surface area (Å²) in [5.74, 6) is -0.189. The molecule has 0 atom stereocenters. The Morgan fingerprint density at radius 3 is 2.81 bits per heavy atom. The second-order valence-corrected chi connectivity index (χ2v) is 2.83. The molecule has 7 heteroatoms. The van der Waals surface area contributed by atoms with Crippen molar-refractivity contribution in [1.29, 1.82) is 0 Å². The highest BCUT2D eigenvalue weighted by Gasteiger charge is 2.07. The maximum atomic E-state index is 11.6. The molecule has 0 bridgehead atoms. The fourth-order valence-corrected chi connectivity index (χ4v) is 1.04. The Morgan fingerprint density at radius 2 is 2.12 bits per heavy atom. The van der Waals surface area contributed by atoms with Crippen molar-refractivity contribution < 1.29 is 4.79 Å². The number of carbonyl (C=O) groups excluding carboxylic acids is 1. The van der Waals surface area contributed by atoms with Gasteiger partial charge >= 0.3 is 5.69 Å². The maximum Gasteiger partial charge on any atom is 0.346 e. The molecule has 1 amide bonds. The van der Waals surface area contributed by atoms with E-state index in [9.17, 15) is 9.59 Å². The van der Waals surface area contributed by atoms with Crippen LogP contribution < -0.4 is 11.0 Å². The van der Waals surface area contributed by atoms with Gasteiger partial charge in [-0.25, -0.2) is 14.8 Å². The molecule has 2 heterocycles. The highest BCUT2D eigenvalue weighted by atomic mass is 16.2. The van der Waals surface area contributed by atoms with Crippen molar-refractivity contribution in [2.75, 3.05) is 5.32 Å². The van der Waals surface area contributed by atoms with E-state index in [4.69, 9.17) is 0 Å². The van der Waals surface area contributed by atoms with Gasteiger partial charge in [0.1, 0.15) is 11.5 Å². The van der Waals surface area contributed by atoms with E-state index in [0.29, 0.717) is 0 Å². The molecule has 0 spiro atoms. The third kappa shape index (κ3) is 2.27. The molecule has 2 rings (SSSR count). The zero-order valence-corrected chi connectivity index (χ0v) is 8.04. The van der Waals surface area contributed by atoms with E-state index >= 15 is 0 Å². The van der Waals surface area contributed by atoms with Gasteiger partial charge in [-0.3, -0.25) is 14.8 Å². The Kier molecular flexibility index (Phi) is 2.68. The molecule has 0 aromatic carbocycles. The molecule has 0 fully saturated rings. The lowest BCUT2D eigenvalue weighted by atomic mass is 10.4. The number of aromatic amines is 1. The number of nitrogens with zero attached hydrogens (tertiary/aromatic N) is 3. The van der Waals surface area contributed by atoms with Crippen LogP contribution in [0.3, 0.4) is 0 Å². The molecule has 0 aliphatic carbocycles. The molecule has 0 saturated carbocycles. The van der Waals surface area contributed by atoms with Crippen molar-refractivity contribution in [3.63, 3.8) is 0 Å². The molecule has 2 aromatic rings. The molecule has 7 nitrogen and oxygen atoms in total. The molecular weight excluding hydrogens is 210 g/mol. The first kappa shape index (κ1) is 9.97. The van der Waals surface area contributed by atoms with E-state index in [0.717, 1.165) is 0 Å². The van der Waals surface area contributed by atoms with Crippen LogP contribution >= 0.6 is 0 Å². The van der Waals surface area contributed by atoms with Crippen molar-refractivity contribution in [2.24, 2.45) is 0 Å². The average Bonchev–Trinajstić information content (AvgIpc) is 2.30. The first-order chi connectivity index (χ1) is 7.75. The largest absolute Gasteiger partial charge is 0.346 e. The Bertz CT molecular complexity index is 551. The minimum Gasteiger partial charge on any atom is -0.307 e. The summed E-state index contributed by atoms with van der Waals surface area (Å²) >= 11 is 0.